The Bertz CT molecular complexity index is 567. The molecule has 0 aliphatic rings. The van der Waals surface area contributed by atoms with Crippen LogP contribution in [0.3, 0.4) is 0 Å². The van der Waals surface area contributed by atoms with Crippen molar-refractivity contribution in [3.05, 3.63) is 30.1 Å². The maximum Gasteiger partial charge on any atom is 0.400 e. The molecule has 0 aliphatic carbocycles. The molecule has 0 bridgehead atoms. The summed E-state index contributed by atoms with van der Waals surface area (Å²) in [6.07, 6.45) is -4.33. The Morgan fingerprint density at radius 2 is 1.95 bits per heavy atom. The molecular formula is C11H9F4N3S. The number of benzene rings is 1. The van der Waals surface area contributed by atoms with Crippen LogP contribution in [-0.2, 0) is 0 Å². The maximum atomic E-state index is 13.5. The number of rotatable bonds is 3. The van der Waals surface area contributed by atoms with Gasteiger partial charge in [-0.15, -0.1) is 5.10 Å². The third kappa shape index (κ3) is 3.25. The smallest absolute Gasteiger partial charge is 0.258 e. The van der Waals surface area contributed by atoms with E-state index in [2.05, 4.69) is 15.2 Å². The van der Waals surface area contributed by atoms with Crippen LogP contribution in [0.5, 0.6) is 0 Å². The van der Waals surface area contributed by atoms with Gasteiger partial charge < -0.3 is 0 Å². The molecule has 1 atom stereocenters. The van der Waals surface area contributed by atoms with Gasteiger partial charge >= 0.3 is 6.18 Å². The van der Waals surface area contributed by atoms with Crippen LogP contribution in [0.1, 0.15) is 6.92 Å². The quantitative estimate of drug-likeness (QED) is 0.693. The first-order valence-electron chi connectivity index (χ1n) is 5.28. The average Bonchev–Trinajstić information content (AvgIpc) is 2.76. The largest absolute Gasteiger partial charge is 0.400 e. The van der Waals surface area contributed by atoms with E-state index in [1.54, 1.807) is 6.07 Å². The predicted molar refractivity (Wildman–Crippen MR) is 63.2 cm³/mol. The van der Waals surface area contributed by atoms with Gasteiger partial charge in [-0.2, -0.15) is 13.2 Å². The molecule has 102 valence electrons. The first kappa shape index (κ1) is 13.9. The summed E-state index contributed by atoms with van der Waals surface area (Å²) in [5, 5.41) is 4.38. The molecule has 0 amide bonds. The molecule has 0 fully saturated rings. The van der Waals surface area contributed by atoms with Crippen molar-refractivity contribution >= 4 is 11.8 Å². The van der Waals surface area contributed by atoms with Crippen molar-refractivity contribution in [3.63, 3.8) is 0 Å². The Labute approximate surface area is 110 Å². The maximum absolute atomic E-state index is 13.5. The summed E-state index contributed by atoms with van der Waals surface area (Å²) in [5.41, 5.74) is 0.168. The highest BCUT2D eigenvalue weighted by Gasteiger charge is 2.37. The van der Waals surface area contributed by atoms with Crippen molar-refractivity contribution in [2.75, 3.05) is 0 Å². The van der Waals surface area contributed by atoms with E-state index in [0.717, 1.165) is 6.92 Å². The summed E-state index contributed by atoms with van der Waals surface area (Å²) in [7, 11) is 0. The third-order valence-corrected chi connectivity index (χ3v) is 3.35. The molecule has 0 spiro atoms. The van der Waals surface area contributed by atoms with Crippen LogP contribution in [0.4, 0.5) is 17.6 Å². The van der Waals surface area contributed by atoms with Crippen molar-refractivity contribution in [3.8, 4) is 11.4 Å². The van der Waals surface area contributed by atoms with E-state index in [9.17, 15) is 17.6 Å². The normalized spacial score (nSPS) is 13.5. The minimum absolute atomic E-state index is 0.0666. The monoisotopic (exact) mass is 291 g/mol. The number of H-pyrrole nitrogens is 1. The van der Waals surface area contributed by atoms with Crippen molar-refractivity contribution < 1.29 is 17.6 Å². The molecular weight excluding hydrogens is 282 g/mol. The lowest BCUT2D eigenvalue weighted by molar-refractivity contribution is -0.125. The zero-order chi connectivity index (χ0) is 14.0. The number of hydrogen-bond donors (Lipinski definition) is 1. The number of halogens is 4. The van der Waals surface area contributed by atoms with Crippen LogP contribution in [0.15, 0.2) is 29.4 Å². The molecule has 0 unspecified atom stereocenters. The minimum atomic E-state index is -4.33. The summed E-state index contributed by atoms with van der Waals surface area (Å²) in [4.78, 5) is 3.85. The first-order valence-corrected chi connectivity index (χ1v) is 6.16. The lowest BCUT2D eigenvalue weighted by Crippen LogP contribution is -2.22. The fraction of sp³-hybridized carbons (Fsp3) is 0.273. The zero-order valence-corrected chi connectivity index (χ0v) is 10.5. The molecule has 3 nitrogen and oxygen atoms in total. The molecule has 2 aromatic rings. The van der Waals surface area contributed by atoms with E-state index in [1.165, 1.54) is 18.2 Å². The van der Waals surface area contributed by atoms with E-state index in [1.807, 2.05) is 0 Å². The summed E-state index contributed by atoms with van der Waals surface area (Å²) in [6, 6.07) is 5.82. The Morgan fingerprint density at radius 3 is 2.58 bits per heavy atom. The summed E-state index contributed by atoms with van der Waals surface area (Å²) >= 11 is 0.471. The number of aromatic nitrogens is 3. The molecule has 1 aromatic heterocycles. The zero-order valence-electron chi connectivity index (χ0n) is 9.70. The Morgan fingerprint density at radius 1 is 1.26 bits per heavy atom. The molecule has 19 heavy (non-hydrogen) atoms. The van der Waals surface area contributed by atoms with Gasteiger partial charge in [0.15, 0.2) is 5.82 Å². The molecule has 2 rings (SSSR count). The van der Waals surface area contributed by atoms with Crippen LogP contribution in [0, 0.1) is 5.82 Å². The van der Waals surface area contributed by atoms with Crippen molar-refractivity contribution in [2.24, 2.45) is 0 Å². The van der Waals surface area contributed by atoms with Crippen LogP contribution < -0.4 is 0 Å². The summed E-state index contributed by atoms with van der Waals surface area (Å²) in [6.45, 7) is 1.02. The molecule has 0 saturated carbocycles. The van der Waals surface area contributed by atoms with Crippen LogP contribution in [-0.4, -0.2) is 26.6 Å². The van der Waals surface area contributed by atoms with Gasteiger partial charge in [0.05, 0.1) is 5.56 Å². The van der Waals surface area contributed by atoms with Gasteiger partial charge in [0.25, 0.3) is 0 Å². The van der Waals surface area contributed by atoms with Gasteiger partial charge in [-0.05, 0) is 19.1 Å². The fourth-order valence-corrected chi connectivity index (χ4v) is 1.99. The highest BCUT2D eigenvalue weighted by molar-refractivity contribution is 7.99. The number of nitrogens with one attached hydrogen (secondary N) is 1. The second-order valence-electron chi connectivity index (χ2n) is 3.75. The first-order chi connectivity index (χ1) is 8.88. The number of nitrogens with zero attached hydrogens (tertiary/aromatic N) is 2. The molecule has 1 heterocycles. The minimum Gasteiger partial charge on any atom is -0.258 e. The van der Waals surface area contributed by atoms with E-state index >= 15 is 0 Å². The van der Waals surface area contributed by atoms with Gasteiger partial charge in [-0.3, -0.25) is 5.10 Å². The van der Waals surface area contributed by atoms with Gasteiger partial charge in [0.2, 0.25) is 5.16 Å². The fourth-order valence-electron chi connectivity index (χ4n) is 1.30. The van der Waals surface area contributed by atoms with Gasteiger partial charge in [-0.25, -0.2) is 9.37 Å². The number of alkyl halides is 3. The number of aromatic amines is 1. The van der Waals surface area contributed by atoms with Gasteiger partial charge in [0, 0.05) is 0 Å². The standard InChI is InChI=1S/C11H9F4N3S/c1-6(11(13,14)15)19-10-16-9(17-18-10)7-4-2-3-5-8(7)12/h2-6H,1H3,(H,16,17,18)/t6-/m1/s1. The van der Waals surface area contributed by atoms with Crippen molar-refractivity contribution in [2.45, 2.75) is 23.5 Å². The summed E-state index contributed by atoms with van der Waals surface area (Å²) < 4.78 is 50.6. The SMILES string of the molecule is C[C@@H](Sc1n[nH]c(-c2ccccc2F)n1)C(F)(F)F. The van der Waals surface area contributed by atoms with Crippen LogP contribution in [0.2, 0.25) is 0 Å². The lowest BCUT2D eigenvalue weighted by Gasteiger charge is -2.12. The average molecular weight is 291 g/mol. The number of thioether (sulfide) groups is 1. The number of hydrogen-bond acceptors (Lipinski definition) is 3. The second-order valence-corrected chi connectivity index (χ2v) is 5.06. The molecule has 0 saturated heterocycles. The third-order valence-electron chi connectivity index (χ3n) is 2.34. The van der Waals surface area contributed by atoms with E-state index in [-0.39, 0.29) is 16.5 Å². The second kappa shape index (κ2) is 5.20. The van der Waals surface area contributed by atoms with Crippen molar-refractivity contribution in [1.82, 2.24) is 15.2 Å². The topological polar surface area (TPSA) is 41.6 Å². The van der Waals surface area contributed by atoms with E-state index < -0.39 is 17.2 Å². The Hall–Kier alpha value is -1.57. The van der Waals surface area contributed by atoms with Gasteiger partial charge in [-0.1, -0.05) is 23.9 Å². The predicted octanol–water partition coefficient (Wildman–Crippen LogP) is 3.65. The van der Waals surface area contributed by atoms with Gasteiger partial charge in [0.1, 0.15) is 11.1 Å². The van der Waals surface area contributed by atoms with E-state index in [4.69, 9.17) is 0 Å². The van der Waals surface area contributed by atoms with Crippen molar-refractivity contribution in [1.29, 1.82) is 0 Å². The molecule has 1 aromatic carbocycles. The molecule has 0 aliphatic heterocycles. The molecule has 8 heteroatoms. The molecule has 1 N–H and O–H groups in total. The van der Waals surface area contributed by atoms with E-state index in [0.29, 0.717) is 11.8 Å². The van der Waals surface area contributed by atoms with Crippen LogP contribution >= 0.6 is 11.8 Å². The highest BCUT2D eigenvalue weighted by atomic mass is 32.2. The van der Waals surface area contributed by atoms with Crippen LogP contribution in [0.25, 0.3) is 11.4 Å². The summed E-state index contributed by atoms with van der Waals surface area (Å²) in [5.74, 6) is -0.408. The Balaban J connectivity index is 2.19. The highest BCUT2D eigenvalue weighted by Crippen LogP contribution is 2.33. The molecule has 0 radical (unpaired) electrons. The lowest BCUT2D eigenvalue weighted by atomic mass is 10.2. The Kier molecular flexibility index (Phi) is 3.79.